The van der Waals surface area contributed by atoms with Crippen LogP contribution in [-0.4, -0.2) is 0 Å². The quantitative estimate of drug-likeness (QED) is 0.142. The van der Waals surface area contributed by atoms with E-state index in [1.807, 2.05) is 12.1 Å². The van der Waals surface area contributed by atoms with Gasteiger partial charge in [0.15, 0.2) is 0 Å². The van der Waals surface area contributed by atoms with Gasteiger partial charge in [-0.25, -0.2) is 0 Å². The topological polar surface area (TPSA) is 16.4 Å². The van der Waals surface area contributed by atoms with Crippen LogP contribution in [0, 0.1) is 0 Å². The van der Waals surface area contributed by atoms with Gasteiger partial charge in [0.2, 0.25) is 0 Å². The zero-order valence-corrected chi connectivity index (χ0v) is 35.0. The zero-order valence-electron chi connectivity index (χ0n) is 35.0. The van der Waals surface area contributed by atoms with E-state index < -0.39 is 0 Å². The van der Waals surface area contributed by atoms with Gasteiger partial charge in [0.05, 0.1) is 11.4 Å². The van der Waals surface area contributed by atoms with Crippen LogP contribution in [0.2, 0.25) is 0 Å². The standard InChI is InChI=1S/C62H41NO/c1-3-17-42(18-4-1)44-33-36-49(37-34-44)63(58-30-13-11-27-54(58)56-40-46-21-7-8-24-50(46)52-25-9-10-26-53(52)56)59-31-16-29-51(47-35-38-61-57(41-47)55-28-12-14-32-60(55)64-61)62(59)48-23-15-22-45(39-48)43-19-5-2-6-20-43/h1-41H. The molecule has 0 radical (unpaired) electrons. The smallest absolute Gasteiger partial charge is 0.135 e. The minimum Gasteiger partial charge on any atom is -0.456 e. The minimum absolute atomic E-state index is 0.880. The SMILES string of the molecule is c1ccc(-c2ccc(N(c3ccccc3-c3cc4ccccc4c4ccccc34)c3cccc(-c4ccc5oc6ccccc6c5c4)c3-c3cccc(-c4ccccc4)c3)cc2)cc1. The summed E-state index contributed by atoms with van der Waals surface area (Å²) >= 11 is 0. The van der Waals surface area contributed by atoms with Crippen LogP contribution in [-0.2, 0) is 0 Å². The molecule has 64 heavy (non-hydrogen) atoms. The lowest BCUT2D eigenvalue weighted by Gasteiger charge is -2.31. The van der Waals surface area contributed by atoms with Crippen molar-refractivity contribution in [2.75, 3.05) is 4.90 Å². The number of para-hydroxylation sites is 2. The number of rotatable bonds is 8. The predicted molar refractivity (Wildman–Crippen MR) is 271 cm³/mol. The Morgan fingerprint density at radius 2 is 0.812 bits per heavy atom. The predicted octanol–water partition coefficient (Wildman–Crippen LogP) is 17.7. The second-order valence-electron chi connectivity index (χ2n) is 16.4. The Kier molecular flexibility index (Phi) is 9.20. The van der Waals surface area contributed by atoms with Crippen molar-refractivity contribution in [1.29, 1.82) is 0 Å². The lowest BCUT2D eigenvalue weighted by Crippen LogP contribution is -2.13. The van der Waals surface area contributed by atoms with Crippen molar-refractivity contribution in [3.8, 4) is 55.6 Å². The summed E-state index contributed by atoms with van der Waals surface area (Å²) in [4.78, 5) is 2.48. The molecule has 0 atom stereocenters. The summed E-state index contributed by atoms with van der Waals surface area (Å²) in [5, 5.41) is 7.14. The Balaban J connectivity index is 1.15. The number of furan rings is 1. The molecule has 0 spiro atoms. The van der Waals surface area contributed by atoms with Crippen molar-refractivity contribution in [3.63, 3.8) is 0 Å². The van der Waals surface area contributed by atoms with Crippen molar-refractivity contribution in [2.45, 2.75) is 0 Å². The molecular formula is C62H41NO. The van der Waals surface area contributed by atoms with E-state index in [1.54, 1.807) is 0 Å². The maximum atomic E-state index is 6.35. The Morgan fingerprint density at radius 3 is 1.62 bits per heavy atom. The molecule has 0 amide bonds. The zero-order chi connectivity index (χ0) is 42.4. The van der Waals surface area contributed by atoms with Crippen molar-refractivity contribution < 1.29 is 4.42 Å². The van der Waals surface area contributed by atoms with Crippen LogP contribution in [0.4, 0.5) is 17.1 Å². The molecule has 0 saturated heterocycles. The van der Waals surface area contributed by atoms with E-state index in [-0.39, 0.29) is 0 Å². The molecule has 12 aromatic rings. The summed E-state index contributed by atoms with van der Waals surface area (Å²) < 4.78 is 6.35. The molecule has 2 heteroatoms. The van der Waals surface area contributed by atoms with Crippen LogP contribution >= 0.6 is 0 Å². The molecule has 0 saturated carbocycles. The van der Waals surface area contributed by atoms with Crippen LogP contribution in [0.15, 0.2) is 253 Å². The van der Waals surface area contributed by atoms with E-state index in [4.69, 9.17) is 4.42 Å². The van der Waals surface area contributed by atoms with E-state index >= 15 is 0 Å². The van der Waals surface area contributed by atoms with Gasteiger partial charge in [-0.05, 0) is 121 Å². The molecule has 0 aliphatic carbocycles. The Labute approximate surface area is 372 Å². The highest BCUT2D eigenvalue weighted by atomic mass is 16.3. The fourth-order valence-electron chi connectivity index (χ4n) is 9.66. The number of anilines is 3. The Morgan fingerprint density at radius 1 is 0.266 bits per heavy atom. The van der Waals surface area contributed by atoms with Crippen molar-refractivity contribution >= 4 is 60.5 Å². The van der Waals surface area contributed by atoms with Gasteiger partial charge in [-0.15, -0.1) is 0 Å². The van der Waals surface area contributed by atoms with E-state index in [0.717, 1.165) is 72.4 Å². The minimum atomic E-state index is 0.880. The first-order chi connectivity index (χ1) is 31.7. The van der Waals surface area contributed by atoms with Gasteiger partial charge < -0.3 is 9.32 Å². The highest BCUT2D eigenvalue weighted by Crippen LogP contribution is 2.50. The monoisotopic (exact) mass is 815 g/mol. The van der Waals surface area contributed by atoms with Crippen molar-refractivity contribution in [3.05, 3.63) is 249 Å². The highest BCUT2D eigenvalue weighted by Gasteiger charge is 2.25. The molecule has 0 aliphatic rings. The lowest BCUT2D eigenvalue weighted by atomic mass is 9.89. The summed E-state index contributed by atoms with van der Waals surface area (Å²) in [5.41, 5.74) is 16.6. The van der Waals surface area contributed by atoms with Gasteiger partial charge in [0.1, 0.15) is 11.2 Å². The van der Waals surface area contributed by atoms with Gasteiger partial charge in [-0.1, -0.05) is 194 Å². The normalized spacial score (nSPS) is 11.4. The van der Waals surface area contributed by atoms with Gasteiger partial charge >= 0.3 is 0 Å². The van der Waals surface area contributed by atoms with Crippen LogP contribution in [0.1, 0.15) is 0 Å². The summed E-state index contributed by atoms with van der Waals surface area (Å²) in [7, 11) is 0. The maximum absolute atomic E-state index is 6.35. The molecule has 1 heterocycles. The third kappa shape index (κ3) is 6.52. The molecular weight excluding hydrogens is 775 g/mol. The van der Waals surface area contributed by atoms with E-state index in [2.05, 4.69) is 241 Å². The van der Waals surface area contributed by atoms with Crippen LogP contribution < -0.4 is 4.90 Å². The molecule has 0 aliphatic heterocycles. The second-order valence-corrected chi connectivity index (χ2v) is 16.4. The van der Waals surface area contributed by atoms with E-state index in [0.29, 0.717) is 0 Å². The molecule has 1 aromatic heterocycles. The third-order valence-corrected chi connectivity index (χ3v) is 12.7. The summed E-state index contributed by atoms with van der Waals surface area (Å²) in [6.07, 6.45) is 0. The molecule has 0 fully saturated rings. The largest absolute Gasteiger partial charge is 0.456 e. The van der Waals surface area contributed by atoms with Crippen LogP contribution in [0.3, 0.4) is 0 Å². The number of nitrogens with zero attached hydrogens (tertiary/aromatic N) is 1. The number of hydrogen-bond acceptors (Lipinski definition) is 2. The summed E-state index contributed by atoms with van der Waals surface area (Å²) in [6.45, 7) is 0. The van der Waals surface area contributed by atoms with E-state index in [1.165, 1.54) is 43.8 Å². The molecule has 12 rings (SSSR count). The fourth-order valence-corrected chi connectivity index (χ4v) is 9.66. The van der Waals surface area contributed by atoms with Crippen LogP contribution in [0.5, 0.6) is 0 Å². The molecule has 0 bridgehead atoms. The van der Waals surface area contributed by atoms with Gasteiger partial charge in [0.25, 0.3) is 0 Å². The first-order valence-electron chi connectivity index (χ1n) is 21.9. The molecule has 11 aromatic carbocycles. The maximum Gasteiger partial charge on any atom is 0.135 e. The summed E-state index contributed by atoms with van der Waals surface area (Å²) in [5.74, 6) is 0. The van der Waals surface area contributed by atoms with Crippen molar-refractivity contribution in [2.24, 2.45) is 0 Å². The van der Waals surface area contributed by atoms with Crippen LogP contribution in [0.25, 0.3) is 99.1 Å². The molecule has 0 N–H and O–H groups in total. The number of hydrogen-bond donors (Lipinski definition) is 0. The third-order valence-electron chi connectivity index (χ3n) is 12.7. The average Bonchev–Trinajstić information content (AvgIpc) is 3.75. The highest BCUT2D eigenvalue weighted by molar-refractivity contribution is 6.15. The second kappa shape index (κ2) is 15.8. The number of benzene rings is 11. The number of fused-ring (bicyclic) bond motifs is 6. The van der Waals surface area contributed by atoms with Crippen molar-refractivity contribution in [1.82, 2.24) is 0 Å². The molecule has 0 unspecified atom stereocenters. The average molecular weight is 816 g/mol. The summed E-state index contributed by atoms with van der Waals surface area (Å²) in [6, 6.07) is 90.0. The fraction of sp³-hybridized carbons (Fsp3) is 0. The molecule has 300 valence electrons. The Bertz CT molecular complexity index is 3660. The Hall–Kier alpha value is -8.46. The van der Waals surface area contributed by atoms with Gasteiger partial charge in [-0.2, -0.15) is 0 Å². The first-order valence-corrected chi connectivity index (χ1v) is 21.9. The first kappa shape index (κ1) is 37.3. The lowest BCUT2D eigenvalue weighted by molar-refractivity contribution is 0.669. The van der Waals surface area contributed by atoms with Gasteiger partial charge in [-0.3, -0.25) is 0 Å². The van der Waals surface area contributed by atoms with Gasteiger partial charge in [0, 0.05) is 27.6 Å². The molecule has 2 nitrogen and oxygen atoms in total. The van der Waals surface area contributed by atoms with E-state index in [9.17, 15) is 0 Å².